The number of thioether (sulfide) groups is 1. The Morgan fingerprint density at radius 3 is 2.58 bits per heavy atom. The first-order valence-electron chi connectivity index (χ1n) is 8.02. The summed E-state index contributed by atoms with van der Waals surface area (Å²) in [5, 5.41) is 0.306. The molecule has 0 radical (unpaired) electrons. The standard InChI is InChI=1S/C18H20N2O5S/c1-9-14(17(22)25-5)15(20-16(21)10(2)26-18(20)19-9)12-7-6-11(23-3)8-13(12)24-4/h6-8,10,15H,1-5H3/t10-,15+/m0/s1. The quantitative estimate of drug-likeness (QED) is 0.752. The van der Waals surface area contributed by atoms with Crippen LogP contribution < -0.4 is 9.47 Å². The van der Waals surface area contributed by atoms with Crippen LogP contribution in [0.1, 0.15) is 25.5 Å². The summed E-state index contributed by atoms with van der Waals surface area (Å²) in [6.45, 7) is 3.57. The lowest BCUT2D eigenvalue weighted by Gasteiger charge is -2.33. The molecular weight excluding hydrogens is 356 g/mol. The molecule has 0 N–H and O–H groups in total. The van der Waals surface area contributed by atoms with Gasteiger partial charge in [-0.15, -0.1) is 0 Å². The molecule has 3 rings (SSSR count). The fraction of sp³-hybridized carbons (Fsp3) is 0.389. The maximum Gasteiger partial charge on any atom is 0.338 e. The van der Waals surface area contributed by atoms with Gasteiger partial charge in [-0.2, -0.15) is 0 Å². The van der Waals surface area contributed by atoms with Crippen molar-refractivity contribution >= 4 is 28.8 Å². The Labute approximate surface area is 156 Å². The molecule has 8 heteroatoms. The predicted octanol–water partition coefficient (Wildman–Crippen LogP) is 2.53. The second-order valence-electron chi connectivity index (χ2n) is 5.86. The minimum absolute atomic E-state index is 0.106. The van der Waals surface area contributed by atoms with E-state index in [0.717, 1.165) is 0 Å². The molecular formula is C18H20N2O5S. The summed E-state index contributed by atoms with van der Waals surface area (Å²) < 4.78 is 15.7. The molecule has 0 saturated carbocycles. The second-order valence-corrected chi connectivity index (χ2v) is 7.17. The summed E-state index contributed by atoms with van der Waals surface area (Å²) in [5.41, 5.74) is 1.52. The van der Waals surface area contributed by atoms with Crippen molar-refractivity contribution < 1.29 is 23.8 Å². The minimum Gasteiger partial charge on any atom is -0.497 e. The predicted molar refractivity (Wildman–Crippen MR) is 98.3 cm³/mol. The lowest BCUT2D eigenvalue weighted by atomic mass is 9.93. The largest absolute Gasteiger partial charge is 0.497 e. The van der Waals surface area contributed by atoms with E-state index in [1.807, 2.05) is 6.92 Å². The summed E-state index contributed by atoms with van der Waals surface area (Å²) in [7, 11) is 4.41. The zero-order valence-electron chi connectivity index (χ0n) is 15.2. The third kappa shape index (κ3) is 2.84. The number of hydrogen-bond acceptors (Lipinski definition) is 7. The highest BCUT2D eigenvalue weighted by Gasteiger charge is 2.47. The third-order valence-corrected chi connectivity index (χ3v) is 5.45. The number of esters is 1. The smallest absolute Gasteiger partial charge is 0.338 e. The molecule has 1 aromatic rings. The first-order valence-corrected chi connectivity index (χ1v) is 8.90. The highest BCUT2D eigenvalue weighted by atomic mass is 32.2. The summed E-state index contributed by atoms with van der Waals surface area (Å²) in [5.74, 6) is 0.504. The molecule has 0 bridgehead atoms. The van der Waals surface area contributed by atoms with Crippen molar-refractivity contribution in [3.63, 3.8) is 0 Å². The van der Waals surface area contributed by atoms with Crippen molar-refractivity contribution in [2.45, 2.75) is 25.1 Å². The van der Waals surface area contributed by atoms with E-state index in [0.29, 0.717) is 33.5 Å². The number of nitrogens with zero attached hydrogens (tertiary/aromatic N) is 2. The van der Waals surface area contributed by atoms with Gasteiger partial charge in [0, 0.05) is 11.6 Å². The van der Waals surface area contributed by atoms with Crippen molar-refractivity contribution in [2.75, 3.05) is 21.3 Å². The minimum atomic E-state index is -0.666. The molecule has 1 fully saturated rings. The molecule has 0 unspecified atom stereocenters. The normalized spacial score (nSPS) is 22.1. The van der Waals surface area contributed by atoms with Crippen LogP contribution in [0.25, 0.3) is 0 Å². The Morgan fingerprint density at radius 2 is 1.96 bits per heavy atom. The summed E-state index contributed by atoms with van der Waals surface area (Å²) in [6, 6.07) is 4.62. The number of benzene rings is 1. The average Bonchev–Trinajstić information content (AvgIpc) is 2.93. The molecule has 1 amide bonds. The van der Waals surface area contributed by atoms with Crippen LogP contribution in [0.2, 0.25) is 0 Å². The number of aliphatic imine (C=N–C) groups is 1. The summed E-state index contributed by atoms with van der Waals surface area (Å²) in [6.07, 6.45) is 0. The first kappa shape index (κ1) is 18.3. The molecule has 2 heterocycles. The number of carbonyl (C=O) groups is 2. The van der Waals surface area contributed by atoms with Gasteiger partial charge in [0.05, 0.1) is 37.8 Å². The lowest BCUT2D eigenvalue weighted by molar-refractivity contribution is -0.137. The van der Waals surface area contributed by atoms with Crippen molar-refractivity contribution in [2.24, 2.45) is 4.99 Å². The van der Waals surface area contributed by atoms with Crippen LogP contribution in [-0.2, 0) is 14.3 Å². The van der Waals surface area contributed by atoms with E-state index in [9.17, 15) is 9.59 Å². The van der Waals surface area contributed by atoms with E-state index in [2.05, 4.69) is 4.99 Å². The van der Waals surface area contributed by atoms with E-state index in [1.165, 1.54) is 26.0 Å². The van der Waals surface area contributed by atoms with Gasteiger partial charge in [-0.05, 0) is 26.0 Å². The number of hydrogen-bond donors (Lipinski definition) is 0. The molecule has 0 aliphatic carbocycles. The monoisotopic (exact) mass is 376 g/mol. The van der Waals surface area contributed by atoms with Gasteiger partial charge in [-0.1, -0.05) is 11.8 Å². The van der Waals surface area contributed by atoms with Gasteiger partial charge in [-0.3, -0.25) is 9.69 Å². The molecule has 138 valence electrons. The zero-order chi connectivity index (χ0) is 19.0. The average molecular weight is 376 g/mol. The van der Waals surface area contributed by atoms with Gasteiger partial charge in [0.2, 0.25) is 5.91 Å². The summed E-state index contributed by atoms with van der Waals surface area (Å²) in [4.78, 5) is 31.3. The number of rotatable bonds is 4. The second kappa shape index (κ2) is 7.03. The van der Waals surface area contributed by atoms with Crippen LogP contribution in [0.3, 0.4) is 0 Å². The van der Waals surface area contributed by atoms with E-state index in [-0.39, 0.29) is 11.2 Å². The SMILES string of the molecule is COC(=O)C1=C(C)N=C2S[C@@H](C)C(=O)N2[C@@H]1c1ccc(OC)cc1OC. The molecule has 26 heavy (non-hydrogen) atoms. The van der Waals surface area contributed by atoms with E-state index in [1.54, 1.807) is 37.1 Å². The zero-order valence-corrected chi connectivity index (χ0v) is 16.0. The van der Waals surface area contributed by atoms with Gasteiger partial charge in [0.15, 0.2) is 5.17 Å². The molecule has 2 aliphatic heterocycles. The number of amidine groups is 1. The molecule has 1 aromatic carbocycles. The molecule has 0 spiro atoms. The Balaban J connectivity index is 2.22. The Hall–Kier alpha value is -2.48. The third-order valence-electron chi connectivity index (χ3n) is 4.40. The maximum atomic E-state index is 12.8. The fourth-order valence-electron chi connectivity index (χ4n) is 3.11. The highest BCUT2D eigenvalue weighted by Crippen LogP contribution is 2.46. The van der Waals surface area contributed by atoms with Crippen molar-refractivity contribution in [3.8, 4) is 11.5 Å². The lowest BCUT2D eigenvalue weighted by Crippen LogP contribution is -2.40. The topological polar surface area (TPSA) is 77.4 Å². The summed E-state index contributed by atoms with van der Waals surface area (Å²) >= 11 is 1.38. The highest BCUT2D eigenvalue weighted by molar-refractivity contribution is 8.15. The van der Waals surface area contributed by atoms with E-state index in [4.69, 9.17) is 14.2 Å². The van der Waals surface area contributed by atoms with Crippen molar-refractivity contribution in [3.05, 3.63) is 35.0 Å². The fourth-order valence-corrected chi connectivity index (χ4v) is 4.14. The van der Waals surface area contributed by atoms with Gasteiger partial charge >= 0.3 is 5.97 Å². The van der Waals surface area contributed by atoms with Gasteiger partial charge in [-0.25, -0.2) is 9.79 Å². The van der Waals surface area contributed by atoms with Crippen LogP contribution in [-0.4, -0.2) is 48.5 Å². The first-order chi connectivity index (χ1) is 12.4. The van der Waals surface area contributed by atoms with Crippen LogP contribution in [0.15, 0.2) is 34.5 Å². The number of methoxy groups -OCH3 is 3. The number of fused-ring (bicyclic) bond motifs is 1. The van der Waals surface area contributed by atoms with Crippen molar-refractivity contribution in [1.29, 1.82) is 0 Å². The number of carbonyl (C=O) groups excluding carboxylic acids is 2. The van der Waals surface area contributed by atoms with Crippen molar-refractivity contribution in [1.82, 2.24) is 4.90 Å². The Kier molecular flexibility index (Phi) is 4.95. The van der Waals surface area contributed by atoms with E-state index < -0.39 is 12.0 Å². The van der Waals surface area contributed by atoms with Gasteiger partial charge < -0.3 is 14.2 Å². The number of allylic oxidation sites excluding steroid dienone is 1. The molecule has 7 nitrogen and oxygen atoms in total. The van der Waals surface area contributed by atoms with Crippen LogP contribution in [0, 0.1) is 0 Å². The molecule has 2 atom stereocenters. The van der Waals surface area contributed by atoms with Gasteiger partial charge in [0.1, 0.15) is 17.5 Å². The molecule has 2 aliphatic rings. The van der Waals surface area contributed by atoms with Crippen LogP contribution in [0.4, 0.5) is 0 Å². The number of ether oxygens (including phenoxy) is 3. The van der Waals surface area contributed by atoms with Crippen LogP contribution >= 0.6 is 11.8 Å². The molecule has 0 aromatic heterocycles. The Morgan fingerprint density at radius 1 is 1.23 bits per heavy atom. The number of amides is 1. The maximum absolute atomic E-state index is 12.8. The van der Waals surface area contributed by atoms with E-state index >= 15 is 0 Å². The Bertz CT molecular complexity index is 833. The van der Waals surface area contributed by atoms with Gasteiger partial charge in [0.25, 0.3) is 0 Å². The molecule has 1 saturated heterocycles. The van der Waals surface area contributed by atoms with Crippen LogP contribution in [0.5, 0.6) is 11.5 Å².